The molecule has 0 bridgehead atoms. The van der Waals surface area contributed by atoms with E-state index in [0.717, 1.165) is 31.8 Å². The molecule has 0 heterocycles. The molecular weight excluding hydrogens is 276 g/mol. The summed E-state index contributed by atoms with van der Waals surface area (Å²) in [7, 11) is 3.80. The van der Waals surface area contributed by atoms with Crippen LogP contribution in [-0.2, 0) is 4.79 Å². The van der Waals surface area contributed by atoms with Crippen molar-refractivity contribution in [3.63, 3.8) is 0 Å². The summed E-state index contributed by atoms with van der Waals surface area (Å²) in [6.45, 7) is 9.39. The summed E-state index contributed by atoms with van der Waals surface area (Å²) >= 11 is 0. The van der Waals surface area contributed by atoms with Gasteiger partial charge in [-0.3, -0.25) is 9.79 Å². The van der Waals surface area contributed by atoms with Crippen molar-refractivity contribution >= 4 is 11.9 Å². The monoisotopic (exact) mass is 310 g/mol. The molecule has 0 aliphatic heterocycles. The van der Waals surface area contributed by atoms with Crippen molar-refractivity contribution in [2.45, 2.75) is 58.4 Å². The van der Waals surface area contributed by atoms with E-state index in [1.165, 1.54) is 12.8 Å². The van der Waals surface area contributed by atoms with Gasteiger partial charge in [0, 0.05) is 39.6 Å². The van der Waals surface area contributed by atoms with Gasteiger partial charge < -0.3 is 15.5 Å². The Labute approximate surface area is 136 Å². The lowest BCUT2D eigenvalue weighted by molar-refractivity contribution is -0.121. The van der Waals surface area contributed by atoms with E-state index in [-0.39, 0.29) is 11.9 Å². The van der Waals surface area contributed by atoms with Crippen molar-refractivity contribution < 1.29 is 4.79 Å². The number of guanidine groups is 1. The van der Waals surface area contributed by atoms with E-state index in [4.69, 9.17) is 0 Å². The van der Waals surface area contributed by atoms with Crippen molar-refractivity contribution in [1.82, 2.24) is 15.5 Å². The molecule has 0 aliphatic rings. The molecule has 1 atom stereocenters. The van der Waals surface area contributed by atoms with Crippen LogP contribution in [0, 0.1) is 0 Å². The molecule has 5 heteroatoms. The largest absolute Gasteiger partial charge is 0.356 e. The van der Waals surface area contributed by atoms with E-state index >= 15 is 0 Å². The molecule has 2 N–H and O–H groups in total. The number of unbranched alkanes of at least 4 members (excludes halogenated alkanes) is 3. The predicted octanol–water partition coefficient (Wildman–Crippen LogP) is 2.54. The second kappa shape index (κ2) is 13.2. The van der Waals surface area contributed by atoms with Crippen LogP contribution in [0.25, 0.3) is 0 Å². The first-order chi connectivity index (χ1) is 10.5. The third kappa shape index (κ3) is 10.2. The van der Waals surface area contributed by atoms with Crippen molar-refractivity contribution in [1.29, 1.82) is 0 Å². The average Bonchev–Trinajstić information content (AvgIpc) is 2.50. The minimum atomic E-state index is 0.0874. The molecule has 0 aromatic heterocycles. The first kappa shape index (κ1) is 20.5. The van der Waals surface area contributed by atoms with E-state index in [1.807, 2.05) is 20.0 Å². The number of nitrogens with one attached hydrogen (secondary N) is 2. The number of carbonyl (C=O) groups excluding carboxylic acids is 1. The Kier molecular flexibility index (Phi) is 12.3. The zero-order valence-corrected chi connectivity index (χ0v) is 14.8. The maximum Gasteiger partial charge on any atom is 0.221 e. The number of amides is 1. The van der Waals surface area contributed by atoms with Gasteiger partial charge in [-0.25, -0.2) is 0 Å². The number of hydrogen-bond donors (Lipinski definition) is 2. The highest BCUT2D eigenvalue weighted by Gasteiger charge is 2.08. The van der Waals surface area contributed by atoms with E-state index in [2.05, 4.69) is 34.0 Å². The molecule has 0 spiro atoms. The Morgan fingerprint density at radius 1 is 1.36 bits per heavy atom. The minimum Gasteiger partial charge on any atom is -0.356 e. The molecule has 0 aromatic carbocycles. The van der Waals surface area contributed by atoms with E-state index in [1.54, 1.807) is 7.05 Å². The van der Waals surface area contributed by atoms with Crippen LogP contribution in [0.15, 0.2) is 17.6 Å². The van der Waals surface area contributed by atoms with Crippen molar-refractivity contribution in [2.75, 3.05) is 27.2 Å². The van der Waals surface area contributed by atoms with Crippen LogP contribution < -0.4 is 10.6 Å². The Morgan fingerprint density at radius 3 is 2.68 bits per heavy atom. The summed E-state index contributed by atoms with van der Waals surface area (Å²) in [5, 5.41) is 6.21. The summed E-state index contributed by atoms with van der Waals surface area (Å²) in [6, 6.07) is 0.241. The summed E-state index contributed by atoms with van der Waals surface area (Å²) in [5.41, 5.74) is 0. The van der Waals surface area contributed by atoms with Gasteiger partial charge >= 0.3 is 0 Å². The average molecular weight is 310 g/mol. The Bertz CT molecular complexity index is 342. The van der Waals surface area contributed by atoms with Crippen LogP contribution in [-0.4, -0.2) is 50.0 Å². The summed E-state index contributed by atoms with van der Waals surface area (Å²) in [5.74, 6) is 0.935. The van der Waals surface area contributed by atoms with Gasteiger partial charge in [0.25, 0.3) is 0 Å². The summed E-state index contributed by atoms with van der Waals surface area (Å²) < 4.78 is 0. The fourth-order valence-electron chi connectivity index (χ4n) is 2.04. The molecule has 128 valence electrons. The third-order valence-electron chi connectivity index (χ3n) is 3.63. The molecule has 1 amide bonds. The number of rotatable bonds is 11. The number of allylic oxidation sites excluding steroid dienone is 1. The Hall–Kier alpha value is -1.52. The molecule has 0 aromatic rings. The van der Waals surface area contributed by atoms with Crippen molar-refractivity contribution in [3.05, 3.63) is 12.7 Å². The molecule has 0 fully saturated rings. The molecule has 1 unspecified atom stereocenters. The lowest BCUT2D eigenvalue weighted by Gasteiger charge is -2.22. The second-order valence-electron chi connectivity index (χ2n) is 5.66. The molecular formula is C17H34N4O. The smallest absolute Gasteiger partial charge is 0.221 e. The molecule has 22 heavy (non-hydrogen) atoms. The van der Waals surface area contributed by atoms with Gasteiger partial charge in [-0.05, 0) is 32.6 Å². The van der Waals surface area contributed by atoms with Crippen LogP contribution >= 0.6 is 0 Å². The van der Waals surface area contributed by atoms with Gasteiger partial charge in [0.2, 0.25) is 5.91 Å². The van der Waals surface area contributed by atoms with Crippen LogP contribution in [0.3, 0.4) is 0 Å². The Balaban J connectivity index is 3.90. The first-order valence-corrected chi connectivity index (χ1v) is 8.37. The lowest BCUT2D eigenvalue weighted by Crippen LogP contribution is -2.41. The highest BCUT2D eigenvalue weighted by Crippen LogP contribution is 2.01. The lowest BCUT2D eigenvalue weighted by atomic mass is 10.2. The van der Waals surface area contributed by atoms with E-state index < -0.39 is 0 Å². The van der Waals surface area contributed by atoms with Crippen LogP contribution in [0.2, 0.25) is 0 Å². The van der Waals surface area contributed by atoms with Crippen molar-refractivity contribution in [2.24, 2.45) is 4.99 Å². The molecule has 0 aliphatic carbocycles. The van der Waals surface area contributed by atoms with Gasteiger partial charge in [0.1, 0.15) is 0 Å². The van der Waals surface area contributed by atoms with Crippen LogP contribution in [0.5, 0.6) is 0 Å². The SMILES string of the molecule is C=CCCCCCN(C)C(=NC)NCCC(=O)NC(C)CC. The maximum atomic E-state index is 11.7. The standard InChI is InChI=1S/C17H34N4O/c1-6-8-9-10-11-14-21(5)17(18-4)19-13-12-16(22)20-15(3)7-2/h6,15H,1,7-14H2,2-5H3,(H,18,19)(H,20,22). The normalized spacial score (nSPS) is 12.6. The zero-order valence-electron chi connectivity index (χ0n) is 14.8. The van der Waals surface area contributed by atoms with Crippen LogP contribution in [0.4, 0.5) is 0 Å². The predicted molar refractivity (Wildman–Crippen MR) is 95.2 cm³/mol. The number of carbonyl (C=O) groups is 1. The van der Waals surface area contributed by atoms with Crippen molar-refractivity contribution in [3.8, 4) is 0 Å². The quantitative estimate of drug-likeness (QED) is 0.267. The van der Waals surface area contributed by atoms with E-state index in [9.17, 15) is 4.79 Å². The van der Waals surface area contributed by atoms with Gasteiger partial charge in [-0.1, -0.05) is 19.4 Å². The van der Waals surface area contributed by atoms with Gasteiger partial charge in [-0.15, -0.1) is 6.58 Å². The molecule has 0 saturated heterocycles. The molecule has 0 saturated carbocycles. The van der Waals surface area contributed by atoms with Crippen LogP contribution in [0.1, 0.15) is 52.4 Å². The van der Waals surface area contributed by atoms with E-state index in [0.29, 0.717) is 13.0 Å². The third-order valence-corrected chi connectivity index (χ3v) is 3.63. The summed E-state index contributed by atoms with van der Waals surface area (Å²) in [4.78, 5) is 18.1. The fraction of sp³-hybridized carbons (Fsp3) is 0.765. The highest BCUT2D eigenvalue weighted by atomic mass is 16.1. The second-order valence-corrected chi connectivity index (χ2v) is 5.66. The highest BCUT2D eigenvalue weighted by molar-refractivity contribution is 5.81. The minimum absolute atomic E-state index is 0.0874. The first-order valence-electron chi connectivity index (χ1n) is 8.37. The molecule has 5 nitrogen and oxygen atoms in total. The number of nitrogens with zero attached hydrogens (tertiary/aromatic N) is 2. The maximum absolute atomic E-state index is 11.7. The van der Waals surface area contributed by atoms with Gasteiger partial charge in [0.05, 0.1) is 0 Å². The van der Waals surface area contributed by atoms with Gasteiger partial charge in [0.15, 0.2) is 5.96 Å². The van der Waals surface area contributed by atoms with Gasteiger partial charge in [-0.2, -0.15) is 0 Å². The topological polar surface area (TPSA) is 56.7 Å². The number of hydrogen-bond acceptors (Lipinski definition) is 2. The zero-order chi connectivity index (χ0) is 16.8. The summed E-state index contributed by atoms with van der Waals surface area (Å²) in [6.07, 6.45) is 8.01. The Morgan fingerprint density at radius 2 is 2.09 bits per heavy atom. The molecule has 0 rings (SSSR count). The fourth-order valence-corrected chi connectivity index (χ4v) is 2.04. The number of aliphatic imine (C=N–C) groups is 1. The molecule has 0 radical (unpaired) electrons.